The minimum absolute atomic E-state index is 0.282. The molecule has 1 aromatic rings. The largest absolute Gasteiger partial charge is 0.490 e. The summed E-state index contributed by atoms with van der Waals surface area (Å²) in [4.78, 5) is 0. The maximum absolute atomic E-state index is 13.0. The van der Waals surface area contributed by atoms with Crippen molar-refractivity contribution in [1.82, 2.24) is 0 Å². The fourth-order valence-electron chi connectivity index (χ4n) is 1.05. The molecule has 0 aliphatic rings. The molecule has 14 heavy (non-hydrogen) atoms. The summed E-state index contributed by atoms with van der Waals surface area (Å²) in [5, 5.41) is 0. The third-order valence-electron chi connectivity index (χ3n) is 1.73. The molecular weight excluding hydrogens is 199 g/mol. The Morgan fingerprint density at radius 2 is 2.14 bits per heavy atom. The van der Waals surface area contributed by atoms with E-state index in [0.29, 0.717) is 12.4 Å². The van der Waals surface area contributed by atoms with Gasteiger partial charge in [0.1, 0.15) is 0 Å². The van der Waals surface area contributed by atoms with Gasteiger partial charge in [-0.15, -0.1) is 0 Å². The van der Waals surface area contributed by atoms with Gasteiger partial charge in [-0.05, 0) is 30.1 Å². The molecule has 0 heterocycles. The summed E-state index contributed by atoms with van der Waals surface area (Å²) in [6, 6.07) is 6.51. The van der Waals surface area contributed by atoms with Gasteiger partial charge in [-0.1, -0.05) is 19.1 Å². The number of ether oxygens (including phenoxy) is 1. The first kappa shape index (κ1) is 11.4. The molecule has 78 valence electrons. The van der Waals surface area contributed by atoms with Crippen LogP contribution in [0.4, 0.5) is 4.39 Å². The minimum atomic E-state index is -0.282. The average molecular weight is 214 g/mol. The van der Waals surface area contributed by atoms with Gasteiger partial charge in [0, 0.05) is 0 Å². The summed E-state index contributed by atoms with van der Waals surface area (Å²) in [6.45, 7) is 2.72. The Morgan fingerprint density at radius 3 is 2.86 bits per heavy atom. The summed E-state index contributed by atoms with van der Waals surface area (Å²) in [5.74, 6) is 2.27. The molecule has 0 bridgehead atoms. The molecule has 3 heteroatoms. The van der Waals surface area contributed by atoms with Crippen LogP contribution in [0.15, 0.2) is 24.3 Å². The van der Waals surface area contributed by atoms with E-state index in [9.17, 15) is 4.39 Å². The van der Waals surface area contributed by atoms with Gasteiger partial charge in [0.15, 0.2) is 11.6 Å². The lowest BCUT2D eigenvalue weighted by molar-refractivity contribution is 0.302. The molecule has 1 nitrogen and oxygen atoms in total. The van der Waals surface area contributed by atoms with Crippen LogP contribution in [0.3, 0.4) is 0 Å². The lowest BCUT2D eigenvalue weighted by atomic mass is 10.3. The summed E-state index contributed by atoms with van der Waals surface area (Å²) < 4.78 is 18.3. The second kappa shape index (κ2) is 6.71. The molecule has 0 amide bonds. The normalized spacial score (nSPS) is 10.1. The van der Waals surface area contributed by atoms with E-state index in [-0.39, 0.29) is 5.82 Å². The van der Waals surface area contributed by atoms with Gasteiger partial charge >= 0.3 is 0 Å². The average Bonchev–Trinajstić information content (AvgIpc) is 2.20. The molecule has 0 aromatic heterocycles. The molecule has 0 saturated heterocycles. The molecule has 0 spiro atoms. The van der Waals surface area contributed by atoms with Crippen molar-refractivity contribution in [2.24, 2.45) is 0 Å². The fourth-order valence-corrected chi connectivity index (χ4v) is 1.66. The highest BCUT2D eigenvalue weighted by Gasteiger charge is 1.99. The molecule has 0 fully saturated rings. The molecule has 0 unspecified atom stereocenters. The second-order valence-electron chi connectivity index (χ2n) is 2.83. The molecule has 1 rings (SSSR count). The maximum Gasteiger partial charge on any atom is 0.165 e. The van der Waals surface area contributed by atoms with Crippen molar-refractivity contribution in [1.29, 1.82) is 0 Å². The van der Waals surface area contributed by atoms with Crippen LogP contribution >= 0.6 is 11.8 Å². The van der Waals surface area contributed by atoms with Gasteiger partial charge < -0.3 is 4.74 Å². The highest BCUT2D eigenvalue weighted by molar-refractivity contribution is 7.99. The lowest BCUT2D eigenvalue weighted by Gasteiger charge is -2.05. The topological polar surface area (TPSA) is 9.23 Å². The number of rotatable bonds is 6. The van der Waals surface area contributed by atoms with Gasteiger partial charge in [0.25, 0.3) is 0 Å². The molecule has 0 atom stereocenters. The summed E-state index contributed by atoms with van der Waals surface area (Å²) in [7, 11) is 0. The number of halogens is 1. The minimum Gasteiger partial charge on any atom is -0.490 e. The quantitative estimate of drug-likeness (QED) is 0.672. The zero-order chi connectivity index (χ0) is 10.2. The van der Waals surface area contributed by atoms with E-state index < -0.39 is 0 Å². The van der Waals surface area contributed by atoms with Gasteiger partial charge in [-0.2, -0.15) is 11.8 Å². The Labute approximate surface area is 88.7 Å². The number of hydrogen-bond donors (Lipinski definition) is 0. The van der Waals surface area contributed by atoms with Crippen LogP contribution in [0.2, 0.25) is 0 Å². The SMILES string of the molecule is CCSCCCOc1ccccc1F. The fraction of sp³-hybridized carbons (Fsp3) is 0.455. The van der Waals surface area contributed by atoms with Crippen LogP contribution in [0.25, 0.3) is 0 Å². The molecule has 1 aromatic carbocycles. The Bertz CT molecular complexity index is 265. The number of para-hydroxylation sites is 1. The zero-order valence-corrected chi connectivity index (χ0v) is 9.15. The van der Waals surface area contributed by atoms with Gasteiger partial charge in [0.2, 0.25) is 0 Å². The predicted octanol–water partition coefficient (Wildman–Crippen LogP) is 3.35. The highest BCUT2D eigenvalue weighted by Crippen LogP contribution is 2.15. The third kappa shape index (κ3) is 4.01. The summed E-state index contributed by atoms with van der Waals surface area (Å²) in [5.41, 5.74) is 0. The molecule has 0 radical (unpaired) electrons. The number of hydrogen-bond acceptors (Lipinski definition) is 2. The van der Waals surface area contributed by atoms with E-state index in [2.05, 4.69) is 6.92 Å². The van der Waals surface area contributed by atoms with Crippen LogP contribution in [0, 0.1) is 5.82 Å². The van der Waals surface area contributed by atoms with E-state index >= 15 is 0 Å². The number of benzene rings is 1. The first-order valence-electron chi connectivity index (χ1n) is 4.79. The first-order chi connectivity index (χ1) is 6.84. The van der Waals surface area contributed by atoms with Crippen molar-refractivity contribution in [3.63, 3.8) is 0 Å². The monoisotopic (exact) mass is 214 g/mol. The summed E-state index contributed by atoms with van der Waals surface area (Å²) in [6.07, 6.45) is 0.965. The van der Waals surface area contributed by atoms with E-state index in [1.807, 2.05) is 11.8 Å². The molecular formula is C11H15FOS. The van der Waals surface area contributed by atoms with Gasteiger partial charge in [-0.25, -0.2) is 4.39 Å². The van der Waals surface area contributed by atoms with Crippen LogP contribution in [0.5, 0.6) is 5.75 Å². The van der Waals surface area contributed by atoms with E-state index in [1.54, 1.807) is 18.2 Å². The summed E-state index contributed by atoms with van der Waals surface area (Å²) >= 11 is 1.87. The van der Waals surface area contributed by atoms with Crippen molar-refractivity contribution < 1.29 is 9.13 Å². The van der Waals surface area contributed by atoms with Crippen molar-refractivity contribution in [2.75, 3.05) is 18.1 Å². The van der Waals surface area contributed by atoms with Gasteiger partial charge in [-0.3, -0.25) is 0 Å². The van der Waals surface area contributed by atoms with Crippen molar-refractivity contribution in [3.8, 4) is 5.75 Å². The van der Waals surface area contributed by atoms with Crippen molar-refractivity contribution in [3.05, 3.63) is 30.1 Å². The molecule has 0 aliphatic carbocycles. The first-order valence-corrected chi connectivity index (χ1v) is 5.95. The van der Waals surface area contributed by atoms with Crippen LogP contribution in [-0.4, -0.2) is 18.1 Å². The molecule has 0 N–H and O–H groups in total. The Hall–Kier alpha value is -0.700. The standard InChI is InChI=1S/C11H15FOS/c1-2-14-9-5-8-13-11-7-4-3-6-10(11)12/h3-4,6-7H,2,5,8-9H2,1H3. The van der Waals surface area contributed by atoms with E-state index in [0.717, 1.165) is 17.9 Å². The van der Waals surface area contributed by atoms with E-state index in [4.69, 9.17) is 4.74 Å². The van der Waals surface area contributed by atoms with Crippen molar-refractivity contribution >= 4 is 11.8 Å². The molecule has 0 saturated carbocycles. The third-order valence-corrected chi connectivity index (χ3v) is 2.72. The zero-order valence-electron chi connectivity index (χ0n) is 8.33. The van der Waals surface area contributed by atoms with Crippen LogP contribution < -0.4 is 4.74 Å². The van der Waals surface area contributed by atoms with Crippen LogP contribution in [0.1, 0.15) is 13.3 Å². The Morgan fingerprint density at radius 1 is 1.36 bits per heavy atom. The predicted molar refractivity (Wildman–Crippen MR) is 59.5 cm³/mol. The Kier molecular flexibility index (Phi) is 5.45. The number of thioether (sulfide) groups is 1. The second-order valence-corrected chi connectivity index (χ2v) is 4.22. The molecule has 0 aliphatic heterocycles. The smallest absolute Gasteiger partial charge is 0.165 e. The maximum atomic E-state index is 13.0. The van der Waals surface area contributed by atoms with Crippen LogP contribution in [-0.2, 0) is 0 Å². The highest BCUT2D eigenvalue weighted by atomic mass is 32.2. The van der Waals surface area contributed by atoms with E-state index in [1.165, 1.54) is 6.07 Å². The van der Waals surface area contributed by atoms with Crippen molar-refractivity contribution in [2.45, 2.75) is 13.3 Å². The van der Waals surface area contributed by atoms with Gasteiger partial charge in [0.05, 0.1) is 6.61 Å². The lowest BCUT2D eigenvalue weighted by Crippen LogP contribution is -2.00. The Balaban J connectivity index is 2.21.